The second-order valence-electron chi connectivity index (χ2n) is 9.96. The van der Waals surface area contributed by atoms with Crippen molar-refractivity contribution in [2.75, 3.05) is 26.8 Å². The van der Waals surface area contributed by atoms with Crippen LogP contribution in [-0.2, 0) is 9.59 Å². The fourth-order valence-electron chi connectivity index (χ4n) is 5.39. The van der Waals surface area contributed by atoms with Gasteiger partial charge in [-0.2, -0.15) is 0 Å². The Morgan fingerprint density at radius 2 is 2.03 bits per heavy atom. The summed E-state index contributed by atoms with van der Waals surface area (Å²) in [5.41, 5.74) is 1.30. The first kappa shape index (κ1) is 23.8. The first-order valence-electron chi connectivity index (χ1n) is 12.4. The summed E-state index contributed by atoms with van der Waals surface area (Å²) in [5, 5.41) is 23.5. The number of fused-ring (bicyclic) bond motifs is 3. The van der Waals surface area contributed by atoms with Gasteiger partial charge in [0.2, 0.25) is 11.8 Å². The number of carbonyl (C=O) groups is 3. The van der Waals surface area contributed by atoms with Crippen molar-refractivity contribution in [3.63, 3.8) is 0 Å². The Morgan fingerprint density at radius 1 is 1.26 bits per heavy atom. The second kappa shape index (κ2) is 9.62. The molecule has 35 heavy (non-hydrogen) atoms. The number of aldehydes is 1. The average molecular weight is 485 g/mol. The van der Waals surface area contributed by atoms with Gasteiger partial charge in [0.25, 0.3) is 0 Å². The third kappa shape index (κ3) is 4.31. The lowest BCUT2D eigenvalue weighted by Gasteiger charge is -2.43. The van der Waals surface area contributed by atoms with Crippen LogP contribution in [0.5, 0.6) is 11.5 Å². The van der Waals surface area contributed by atoms with Gasteiger partial charge >= 0.3 is 0 Å². The molecule has 1 aliphatic heterocycles. The molecule has 4 atom stereocenters. The topological polar surface area (TPSA) is 125 Å². The minimum absolute atomic E-state index is 0.0216. The summed E-state index contributed by atoms with van der Waals surface area (Å²) in [6.07, 6.45) is 5.28. The number of rotatable bonds is 9. The van der Waals surface area contributed by atoms with Crippen molar-refractivity contribution in [1.82, 2.24) is 10.2 Å². The van der Waals surface area contributed by atoms with E-state index in [1.165, 1.54) is 7.11 Å². The smallest absolute Gasteiger partial charge is 0.247 e. The monoisotopic (exact) mass is 484 g/mol. The zero-order valence-corrected chi connectivity index (χ0v) is 19.8. The van der Waals surface area contributed by atoms with Gasteiger partial charge in [-0.25, -0.2) is 0 Å². The molecule has 1 aromatic rings. The summed E-state index contributed by atoms with van der Waals surface area (Å²) in [6, 6.07) is 2.49. The van der Waals surface area contributed by atoms with Crippen LogP contribution >= 0.6 is 0 Å². The van der Waals surface area contributed by atoms with Crippen LogP contribution in [0.4, 0.5) is 0 Å². The molecule has 2 amide bonds. The van der Waals surface area contributed by atoms with Crippen LogP contribution in [0.3, 0.4) is 0 Å². The number of hydrogen-bond acceptors (Lipinski definition) is 7. The molecule has 2 fully saturated rings. The predicted octanol–water partition coefficient (Wildman–Crippen LogP) is 1.17. The van der Waals surface area contributed by atoms with Crippen molar-refractivity contribution in [1.29, 1.82) is 0 Å². The molecule has 5 rings (SSSR count). The van der Waals surface area contributed by atoms with Gasteiger partial charge in [0.05, 0.1) is 25.7 Å². The Morgan fingerprint density at radius 3 is 2.63 bits per heavy atom. The zero-order chi connectivity index (χ0) is 24.7. The number of aliphatic hydroxyl groups excluding tert-OH is 2. The number of ether oxygens (including phenoxy) is 2. The van der Waals surface area contributed by atoms with Crippen molar-refractivity contribution in [3.05, 3.63) is 34.9 Å². The fraction of sp³-hybridized carbons (Fsp3) is 0.577. The molecule has 4 aliphatic rings. The highest BCUT2D eigenvalue weighted by molar-refractivity contribution is 5.96. The molecular weight excluding hydrogens is 452 g/mol. The van der Waals surface area contributed by atoms with Gasteiger partial charge in [-0.3, -0.25) is 14.4 Å². The van der Waals surface area contributed by atoms with E-state index >= 15 is 0 Å². The number of nitrogens with one attached hydrogen (secondary N) is 1. The highest BCUT2D eigenvalue weighted by atomic mass is 16.5. The lowest BCUT2D eigenvalue weighted by Crippen LogP contribution is -2.57. The maximum absolute atomic E-state index is 13.4. The molecule has 2 saturated carbocycles. The third-order valence-corrected chi connectivity index (χ3v) is 7.66. The van der Waals surface area contributed by atoms with Crippen LogP contribution in [-0.4, -0.2) is 78.3 Å². The van der Waals surface area contributed by atoms with Crippen molar-refractivity contribution in [2.24, 2.45) is 11.8 Å². The van der Waals surface area contributed by atoms with E-state index in [0.717, 1.165) is 32.1 Å². The van der Waals surface area contributed by atoms with Crippen LogP contribution in [0.2, 0.25) is 0 Å². The average Bonchev–Trinajstić information content (AvgIpc) is 3.57. The highest BCUT2D eigenvalue weighted by Gasteiger charge is 2.52. The van der Waals surface area contributed by atoms with Gasteiger partial charge in [-0.05, 0) is 49.8 Å². The van der Waals surface area contributed by atoms with E-state index in [9.17, 15) is 24.6 Å². The van der Waals surface area contributed by atoms with Gasteiger partial charge in [0.1, 0.15) is 18.5 Å². The highest BCUT2D eigenvalue weighted by Crippen LogP contribution is 2.51. The van der Waals surface area contributed by atoms with E-state index in [2.05, 4.69) is 5.32 Å². The summed E-state index contributed by atoms with van der Waals surface area (Å²) >= 11 is 0. The first-order valence-corrected chi connectivity index (χ1v) is 12.4. The quantitative estimate of drug-likeness (QED) is 0.449. The van der Waals surface area contributed by atoms with Gasteiger partial charge < -0.3 is 29.9 Å². The lowest BCUT2D eigenvalue weighted by atomic mass is 9.76. The van der Waals surface area contributed by atoms with Crippen LogP contribution in [0.25, 0.3) is 0 Å². The largest absolute Gasteiger partial charge is 0.493 e. The normalized spacial score (nSPS) is 27.0. The second-order valence-corrected chi connectivity index (χ2v) is 9.96. The Labute approximate surface area is 204 Å². The van der Waals surface area contributed by atoms with Crippen LogP contribution in [0.1, 0.15) is 53.9 Å². The molecule has 9 heteroatoms. The minimum Gasteiger partial charge on any atom is -0.493 e. The van der Waals surface area contributed by atoms with Crippen molar-refractivity contribution >= 4 is 18.1 Å². The van der Waals surface area contributed by atoms with Gasteiger partial charge in [-0.15, -0.1) is 0 Å². The Balaban J connectivity index is 1.57. The molecule has 0 aromatic heterocycles. The third-order valence-electron chi connectivity index (χ3n) is 7.66. The summed E-state index contributed by atoms with van der Waals surface area (Å²) in [4.78, 5) is 40.0. The van der Waals surface area contributed by atoms with E-state index in [-0.39, 0.29) is 25.0 Å². The van der Waals surface area contributed by atoms with Crippen molar-refractivity contribution < 1.29 is 34.1 Å². The number of methoxy groups -OCH3 is 1. The molecule has 3 aliphatic carbocycles. The Kier molecular flexibility index (Phi) is 6.55. The molecule has 0 saturated heterocycles. The van der Waals surface area contributed by atoms with Gasteiger partial charge in [0, 0.05) is 35.7 Å². The number of benzene rings is 1. The number of aliphatic hydroxyl groups is 2. The molecule has 3 N–H and O–H groups in total. The van der Waals surface area contributed by atoms with E-state index in [0.29, 0.717) is 46.9 Å². The molecule has 4 unspecified atom stereocenters. The zero-order valence-electron chi connectivity index (χ0n) is 19.8. The minimum atomic E-state index is -1.08. The molecule has 0 spiro atoms. The number of hydrogen-bond donors (Lipinski definition) is 3. The van der Waals surface area contributed by atoms with Crippen molar-refractivity contribution in [3.8, 4) is 11.5 Å². The maximum Gasteiger partial charge on any atom is 0.247 e. The molecule has 0 radical (unpaired) electrons. The molecule has 9 nitrogen and oxygen atoms in total. The summed E-state index contributed by atoms with van der Waals surface area (Å²) in [5.74, 6) is 0.0570. The van der Waals surface area contributed by atoms with Crippen LogP contribution in [0.15, 0.2) is 23.8 Å². The lowest BCUT2D eigenvalue weighted by molar-refractivity contribution is -0.144. The first-order chi connectivity index (χ1) is 17.0. The number of amides is 2. The molecule has 1 heterocycles. The standard InChI is InChI=1S/C26H32N2O7/c1-34-20-10-15(13-30)9-17-21-18(25(32)27-7-8-29)11-19(22(31)24(21)35-23(17)20)28(12-14-5-6-14)26(33)16-3-2-4-16/h9-11,13-14,16,19,21-22,24,29,31H,2-8,12H2,1H3,(H,27,32). The Bertz CT molecular complexity index is 1050. The van der Waals surface area contributed by atoms with E-state index in [1.807, 2.05) is 0 Å². The fourth-order valence-corrected chi connectivity index (χ4v) is 5.39. The van der Waals surface area contributed by atoms with E-state index in [4.69, 9.17) is 9.47 Å². The molecular formula is C26H32N2O7. The summed E-state index contributed by atoms with van der Waals surface area (Å²) in [7, 11) is 1.47. The van der Waals surface area contributed by atoms with E-state index < -0.39 is 30.1 Å². The van der Waals surface area contributed by atoms with E-state index in [1.54, 1.807) is 23.1 Å². The summed E-state index contributed by atoms with van der Waals surface area (Å²) in [6.45, 7) is 0.393. The molecule has 188 valence electrons. The molecule has 0 bridgehead atoms. The van der Waals surface area contributed by atoms with Crippen molar-refractivity contribution in [2.45, 2.75) is 56.3 Å². The van der Waals surface area contributed by atoms with Gasteiger partial charge in [-0.1, -0.05) is 6.42 Å². The predicted molar refractivity (Wildman–Crippen MR) is 125 cm³/mol. The van der Waals surface area contributed by atoms with Crippen LogP contribution < -0.4 is 14.8 Å². The molecule has 1 aromatic carbocycles. The van der Waals surface area contributed by atoms with Gasteiger partial charge in [0.15, 0.2) is 11.5 Å². The Hall–Kier alpha value is -2.91. The maximum atomic E-state index is 13.4. The number of nitrogens with zero attached hydrogens (tertiary/aromatic N) is 1. The van der Waals surface area contributed by atoms with Crippen LogP contribution in [0, 0.1) is 11.8 Å². The SMILES string of the molecule is COc1cc(C=O)cc2c1OC1C2C(C(=O)NCCO)=CC(N(CC2CC2)C(=O)C2CCC2)C1O. The number of carbonyl (C=O) groups excluding carboxylic acids is 3. The summed E-state index contributed by atoms with van der Waals surface area (Å²) < 4.78 is 11.7.